The molecule has 0 aliphatic carbocycles. The molecule has 0 amide bonds. The first-order valence-electron chi connectivity index (χ1n) is 6.86. The van der Waals surface area contributed by atoms with E-state index in [0.29, 0.717) is 6.04 Å². The highest BCUT2D eigenvalue weighted by Crippen LogP contribution is 2.24. The molecule has 1 atom stereocenters. The summed E-state index contributed by atoms with van der Waals surface area (Å²) in [6.45, 7) is 0. The quantitative estimate of drug-likeness (QED) is 0.808. The largest absolute Gasteiger partial charge is 0.497 e. The third-order valence-electron chi connectivity index (χ3n) is 3.31. The van der Waals surface area contributed by atoms with E-state index in [1.54, 1.807) is 7.11 Å². The van der Waals surface area contributed by atoms with Crippen LogP contribution in [0.25, 0.3) is 0 Å². The molecule has 0 saturated carbocycles. The number of rotatable bonds is 7. The second-order valence-corrected chi connectivity index (χ2v) is 6.23. The topological polar surface area (TPSA) is 21.3 Å². The lowest BCUT2D eigenvalue weighted by Gasteiger charge is -2.17. The molecular formula is C17H20ClNOS. The molecule has 21 heavy (non-hydrogen) atoms. The summed E-state index contributed by atoms with van der Waals surface area (Å²) in [4.78, 5) is 0. The third kappa shape index (κ3) is 4.95. The van der Waals surface area contributed by atoms with Crippen LogP contribution in [0.3, 0.4) is 0 Å². The van der Waals surface area contributed by atoms with Crippen molar-refractivity contribution in [2.75, 3.05) is 19.9 Å². The summed E-state index contributed by atoms with van der Waals surface area (Å²) in [6, 6.07) is 16.6. The summed E-state index contributed by atoms with van der Waals surface area (Å²) in [7, 11) is 3.69. The van der Waals surface area contributed by atoms with Crippen LogP contribution in [0, 0.1) is 0 Å². The maximum Gasteiger partial charge on any atom is 0.119 e. The van der Waals surface area contributed by atoms with Gasteiger partial charge in [0.05, 0.1) is 7.11 Å². The van der Waals surface area contributed by atoms with Crippen LogP contribution >= 0.6 is 23.4 Å². The van der Waals surface area contributed by atoms with Crippen molar-refractivity contribution in [2.45, 2.75) is 11.8 Å². The van der Waals surface area contributed by atoms with Crippen LogP contribution in [0.5, 0.6) is 5.75 Å². The summed E-state index contributed by atoms with van der Waals surface area (Å²) in [6.07, 6.45) is 0. The van der Waals surface area contributed by atoms with Gasteiger partial charge < -0.3 is 10.1 Å². The van der Waals surface area contributed by atoms with Crippen LogP contribution in [0.4, 0.5) is 0 Å². The predicted molar refractivity (Wildman–Crippen MR) is 92.4 cm³/mol. The van der Waals surface area contributed by atoms with Gasteiger partial charge in [-0.15, -0.1) is 0 Å². The fourth-order valence-electron chi connectivity index (χ4n) is 2.08. The minimum atomic E-state index is 0.317. The average molecular weight is 322 g/mol. The second-order valence-electron chi connectivity index (χ2n) is 4.76. The maximum atomic E-state index is 5.90. The summed E-state index contributed by atoms with van der Waals surface area (Å²) in [5.41, 5.74) is 2.55. The summed E-state index contributed by atoms with van der Waals surface area (Å²) in [5, 5.41) is 4.15. The van der Waals surface area contributed by atoms with Crippen molar-refractivity contribution in [3.63, 3.8) is 0 Å². The summed E-state index contributed by atoms with van der Waals surface area (Å²) >= 11 is 7.81. The number of nitrogens with one attached hydrogen (secondary N) is 1. The lowest BCUT2D eigenvalue weighted by molar-refractivity contribution is 0.413. The molecule has 2 nitrogen and oxygen atoms in total. The highest BCUT2D eigenvalue weighted by atomic mass is 35.5. The molecule has 0 fully saturated rings. The Hall–Kier alpha value is -1.16. The lowest BCUT2D eigenvalue weighted by atomic mass is 10.1. The number of halogens is 1. The van der Waals surface area contributed by atoms with Crippen molar-refractivity contribution in [3.8, 4) is 5.75 Å². The highest BCUT2D eigenvalue weighted by Gasteiger charge is 2.10. The van der Waals surface area contributed by atoms with E-state index < -0.39 is 0 Å². The fraction of sp³-hybridized carbons (Fsp3) is 0.294. The van der Waals surface area contributed by atoms with E-state index in [1.807, 2.05) is 43.1 Å². The minimum Gasteiger partial charge on any atom is -0.497 e. The van der Waals surface area contributed by atoms with Gasteiger partial charge in [-0.3, -0.25) is 0 Å². The van der Waals surface area contributed by atoms with Crippen LogP contribution in [-0.2, 0) is 5.75 Å². The Labute approximate surface area is 135 Å². The minimum absolute atomic E-state index is 0.317. The zero-order valence-corrected chi connectivity index (χ0v) is 13.9. The van der Waals surface area contributed by atoms with Crippen LogP contribution in [0.2, 0.25) is 5.02 Å². The molecule has 2 rings (SSSR count). The molecule has 0 aromatic heterocycles. The van der Waals surface area contributed by atoms with Gasteiger partial charge in [-0.1, -0.05) is 35.9 Å². The van der Waals surface area contributed by atoms with E-state index >= 15 is 0 Å². The van der Waals surface area contributed by atoms with Gasteiger partial charge in [0.15, 0.2) is 0 Å². The number of benzene rings is 2. The Morgan fingerprint density at radius 1 is 1.19 bits per heavy atom. The fourth-order valence-corrected chi connectivity index (χ4v) is 3.35. The SMILES string of the molecule is CNC(CSCc1ccc(Cl)cc1)c1cccc(OC)c1. The zero-order chi connectivity index (χ0) is 15.1. The average Bonchev–Trinajstić information content (AvgIpc) is 2.53. The third-order valence-corrected chi connectivity index (χ3v) is 4.67. The van der Waals surface area contributed by atoms with Crippen molar-refractivity contribution < 1.29 is 4.74 Å². The summed E-state index contributed by atoms with van der Waals surface area (Å²) in [5.74, 6) is 2.89. The van der Waals surface area contributed by atoms with Gasteiger partial charge in [-0.25, -0.2) is 0 Å². The van der Waals surface area contributed by atoms with Gasteiger partial charge in [0.1, 0.15) is 5.75 Å². The molecule has 0 aliphatic rings. The molecule has 0 heterocycles. The zero-order valence-electron chi connectivity index (χ0n) is 12.3. The van der Waals surface area contributed by atoms with Crippen molar-refractivity contribution in [1.82, 2.24) is 5.32 Å². The normalized spacial score (nSPS) is 12.1. The van der Waals surface area contributed by atoms with Crippen molar-refractivity contribution in [2.24, 2.45) is 0 Å². The van der Waals surface area contributed by atoms with Gasteiger partial charge in [0.2, 0.25) is 0 Å². The number of ether oxygens (including phenoxy) is 1. The summed E-state index contributed by atoms with van der Waals surface area (Å²) < 4.78 is 5.29. The van der Waals surface area contributed by atoms with Gasteiger partial charge in [-0.2, -0.15) is 11.8 Å². The van der Waals surface area contributed by atoms with Gasteiger partial charge in [-0.05, 0) is 42.4 Å². The van der Waals surface area contributed by atoms with Crippen LogP contribution < -0.4 is 10.1 Å². The molecule has 0 saturated heterocycles. The molecule has 2 aromatic rings. The number of thioether (sulfide) groups is 1. The van der Waals surface area contributed by atoms with Crippen LogP contribution in [0.15, 0.2) is 48.5 Å². The first-order chi connectivity index (χ1) is 10.2. The first-order valence-corrected chi connectivity index (χ1v) is 8.39. The molecule has 1 N–H and O–H groups in total. The first kappa shape index (κ1) is 16.2. The van der Waals surface area contributed by atoms with Gasteiger partial charge >= 0.3 is 0 Å². The van der Waals surface area contributed by atoms with Crippen LogP contribution in [-0.4, -0.2) is 19.9 Å². The Bertz CT molecular complexity index is 559. The highest BCUT2D eigenvalue weighted by molar-refractivity contribution is 7.98. The number of hydrogen-bond donors (Lipinski definition) is 1. The molecular weight excluding hydrogens is 302 g/mol. The molecule has 0 radical (unpaired) electrons. The van der Waals surface area contributed by atoms with Crippen molar-refractivity contribution in [3.05, 3.63) is 64.7 Å². The van der Waals surface area contributed by atoms with E-state index in [-0.39, 0.29) is 0 Å². The number of methoxy groups -OCH3 is 1. The molecule has 0 aliphatic heterocycles. The molecule has 4 heteroatoms. The standard InChI is InChI=1S/C17H20ClNOS/c1-19-17(14-4-3-5-16(10-14)20-2)12-21-11-13-6-8-15(18)9-7-13/h3-10,17,19H,11-12H2,1-2H3. The van der Waals surface area contributed by atoms with E-state index in [0.717, 1.165) is 22.3 Å². The van der Waals surface area contributed by atoms with E-state index in [1.165, 1.54) is 11.1 Å². The molecule has 2 aromatic carbocycles. The molecule has 1 unspecified atom stereocenters. The lowest BCUT2D eigenvalue weighted by Crippen LogP contribution is -2.18. The Kier molecular flexibility index (Phi) is 6.43. The maximum absolute atomic E-state index is 5.90. The van der Waals surface area contributed by atoms with Crippen LogP contribution in [0.1, 0.15) is 17.2 Å². The van der Waals surface area contributed by atoms with Crippen molar-refractivity contribution >= 4 is 23.4 Å². The Morgan fingerprint density at radius 2 is 1.95 bits per heavy atom. The van der Waals surface area contributed by atoms with E-state index in [9.17, 15) is 0 Å². The molecule has 0 spiro atoms. The molecule has 112 valence electrons. The smallest absolute Gasteiger partial charge is 0.119 e. The number of hydrogen-bond acceptors (Lipinski definition) is 3. The monoisotopic (exact) mass is 321 g/mol. The molecule has 0 bridgehead atoms. The van der Waals surface area contributed by atoms with E-state index in [2.05, 4.69) is 29.6 Å². The van der Waals surface area contributed by atoms with E-state index in [4.69, 9.17) is 16.3 Å². The second kappa shape index (κ2) is 8.32. The Balaban J connectivity index is 1.91. The predicted octanol–water partition coefficient (Wildman–Crippen LogP) is 4.54. The van der Waals surface area contributed by atoms with Gasteiger partial charge in [0, 0.05) is 22.6 Å². The van der Waals surface area contributed by atoms with Crippen molar-refractivity contribution in [1.29, 1.82) is 0 Å². The van der Waals surface area contributed by atoms with Gasteiger partial charge in [0.25, 0.3) is 0 Å². The Morgan fingerprint density at radius 3 is 2.62 bits per heavy atom.